The average molecular weight is 256 g/mol. The second kappa shape index (κ2) is 7.10. The number of hydrogen-bond acceptors (Lipinski definition) is 3. The summed E-state index contributed by atoms with van der Waals surface area (Å²) in [4.78, 5) is 14.3. The van der Waals surface area contributed by atoms with Gasteiger partial charge in [-0.2, -0.15) is 0 Å². The molecule has 1 saturated heterocycles. The predicted octanol–water partition coefficient (Wildman–Crippen LogP) is 1.53. The number of aliphatic hydroxyl groups excluding tert-OH is 1. The SMILES string of the molecule is CCC(CC)(CO)NC(C)C(=O)N1CCCCC1. The van der Waals surface area contributed by atoms with Crippen molar-refractivity contribution in [2.75, 3.05) is 19.7 Å². The highest BCUT2D eigenvalue weighted by molar-refractivity contribution is 5.81. The Kier molecular flexibility index (Phi) is 6.09. The zero-order valence-corrected chi connectivity index (χ0v) is 12.0. The van der Waals surface area contributed by atoms with Gasteiger partial charge in [-0.25, -0.2) is 0 Å². The summed E-state index contributed by atoms with van der Waals surface area (Å²) < 4.78 is 0. The summed E-state index contributed by atoms with van der Waals surface area (Å²) >= 11 is 0. The number of rotatable bonds is 6. The van der Waals surface area contributed by atoms with Gasteiger partial charge in [0.1, 0.15) is 0 Å². The molecule has 0 aromatic rings. The lowest BCUT2D eigenvalue weighted by atomic mass is 9.92. The zero-order chi connectivity index (χ0) is 13.6. The number of carbonyl (C=O) groups excluding carboxylic acids is 1. The van der Waals surface area contributed by atoms with Crippen LogP contribution < -0.4 is 5.32 Å². The van der Waals surface area contributed by atoms with Crippen molar-refractivity contribution in [2.45, 2.75) is 64.5 Å². The van der Waals surface area contributed by atoms with E-state index >= 15 is 0 Å². The van der Waals surface area contributed by atoms with Crippen molar-refractivity contribution in [1.82, 2.24) is 10.2 Å². The van der Waals surface area contributed by atoms with Crippen LogP contribution >= 0.6 is 0 Å². The molecule has 106 valence electrons. The summed E-state index contributed by atoms with van der Waals surface area (Å²) in [6, 6.07) is -0.213. The number of hydrogen-bond donors (Lipinski definition) is 2. The van der Waals surface area contributed by atoms with Gasteiger partial charge < -0.3 is 10.0 Å². The first-order chi connectivity index (χ1) is 8.58. The molecule has 1 heterocycles. The Morgan fingerprint density at radius 2 is 1.83 bits per heavy atom. The lowest BCUT2D eigenvalue weighted by molar-refractivity contribution is -0.134. The van der Waals surface area contributed by atoms with E-state index in [0.717, 1.165) is 38.8 Å². The Hall–Kier alpha value is -0.610. The summed E-state index contributed by atoms with van der Waals surface area (Å²) in [5.74, 6) is 0.175. The molecule has 0 radical (unpaired) electrons. The van der Waals surface area contributed by atoms with Crippen molar-refractivity contribution < 1.29 is 9.90 Å². The number of nitrogens with one attached hydrogen (secondary N) is 1. The average Bonchev–Trinajstić information content (AvgIpc) is 2.45. The standard InChI is InChI=1S/C14H28N2O2/c1-4-14(5-2,11-17)15-12(3)13(18)16-9-7-6-8-10-16/h12,15,17H,4-11H2,1-3H3. The van der Waals surface area contributed by atoms with Crippen molar-refractivity contribution in [1.29, 1.82) is 0 Å². The fraction of sp³-hybridized carbons (Fsp3) is 0.929. The molecule has 4 heteroatoms. The van der Waals surface area contributed by atoms with Crippen LogP contribution in [-0.2, 0) is 4.79 Å². The Morgan fingerprint density at radius 1 is 1.28 bits per heavy atom. The van der Waals surface area contributed by atoms with E-state index in [1.807, 2.05) is 25.7 Å². The van der Waals surface area contributed by atoms with Crippen LogP contribution in [0.1, 0.15) is 52.9 Å². The fourth-order valence-corrected chi connectivity index (χ4v) is 2.63. The number of aliphatic hydroxyl groups is 1. The highest BCUT2D eigenvalue weighted by atomic mass is 16.3. The molecule has 1 fully saturated rings. The number of carbonyl (C=O) groups is 1. The highest BCUT2D eigenvalue weighted by Gasteiger charge is 2.31. The van der Waals surface area contributed by atoms with Crippen LogP contribution in [0.25, 0.3) is 0 Å². The van der Waals surface area contributed by atoms with Crippen molar-refractivity contribution in [3.8, 4) is 0 Å². The Labute approximate surface area is 111 Å². The normalized spacial score (nSPS) is 18.8. The minimum Gasteiger partial charge on any atom is -0.394 e. The van der Waals surface area contributed by atoms with Crippen molar-refractivity contribution in [3.05, 3.63) is 0 Å². The van der Waals surface area contributed by atoms with Gasteiger partial charge in [0.05, 0.1) is 12.6 Å². The van der Waals surface area contributed by atoms with Gasteiger partial charge in [0, 0.05) is 18.6 Å². The lowest BCUT2D eigenvalue weighted by Crippen LogP contribution is -2.57. The van der Waals surface area contributed by atoms with E-state index in [9.17, 15) is 9.90 Å². The molecule has 0 spiro atoms. The van der Waals surface area contributed by atoms with Gasteiger partial charge >= 0.3 is 0 Å². The number of likely N-dealkylation sites (tertiary alicyclic amines) is 1. The minimum absolute atomic E-state index is 0.0810. The van der Waals surface area contributed by atoms with Gasteiger partial charge in [0.15, 0.2) is 0 Å². The second-order valence-corrected chi connectivity index (χ2v) is 5.40. The summed E-state index contributed by atoms with van der Waals surface area (Å²) in [6.45, 7) is 7.85. The van der Waals surface area contributed by atoms with Crippen molar-refractivity contribution in [2.24, 2.45) is 0 Å². The molecule has 0 bridgehead atoms. The molecule has 0 aromatic carbocycles. The van der Waals surface area contributed by atoms with Gasteiger partial charge in [-0.05, 0) is 39.0 Å². The van der Waals surface area contributed by atoms with Crippen LogP contribution in [0.4, 0.5) is 0 Å². The monoisotopic (exact) mass is 256 g/mol. The van der Waals surface area contributed by atoms with Crippen LogP contribution in [-0.4, -0.2) is 47.2 Å². The van der Waals surface area contributed by atoms with Crippen molar-refractivity contribution in [3.63, 3.8) is 0 Å². The lowest BCUT2D eigenvalue weighted by Gasteiger charge is -2.36. The third kappa shape index (κ3) is 3.69. The topological polar surface area (TPSA) is 52.6 Å². The van der Waals surface area contributed by atoms with E-state index in [1.165, 1.54) is 6.42 Å². The Morgan fingerprint density at radius 3 is 2.28 bits per heavy atom. The molecule has 1 atom stereocenters. The molecule has 1 aliphatic rings. The first-order valence-electron chi connectivity index (χ1n) is 7.26. The van der Waals surface area contributed by atoms with Crippen LogP contribution in [0, 0.1) is 0 Å². The first kappa shape index (κ1) is 15.4. The fourth-order valence-electron chi connectivity index (χ4n) is 2.63. The molecule has 0 aromatic heterocycles. The summed E-state index contributed by atoms with van der Waals surface area (Å²) in [5.41, 5.74) is -0.315. The second-order valence-electron chi connectivity index (χ2n) is 5.40. The Bertz CT molecular complexity index is 250. The third-order valence-corrected chi connectivity index (χ3v) is 4.22. The van der Waals surface area contributed by atoms with Gasteiger partial charge in [-0.1, -0.05) is 13.8 Å². The number of piperidine rings is 1. The highest BCUT2D eigenvalue weighted by Crippen LogP contribution is 2.17. The van der Waals surface area contributed by atoms with E-state index in [1.54, 1.807) is 0 Å². The van der Waals surface area contributed by atoms with Crippen molar-refractivity contribution >= 4 is 5.91 Å². The van der Waals surface area contributed by atoms with Gasteiger partial charge in [0.2, 0.25) is 5.91 Å². The number of nitrogens with zero attached hydrogens (tertiary/aromatic N) is 1. The first-order valence-corrected chi connectivity index (χ1v) is 7.26. The molecular formula is C14H28N2O2. The molecule has 1 rings (SSSR count). The number of amides is 1. The van der Waals surface area contributed by atoms with Crippen LogP contribution in [0.15, 0.2) is 0 Å². The predicted molar refractivity (Wildman–Crippen MR) is 73.4 cm³/mol. The summed E-state index contributed by atoms with van der Waals surface area (Å²) in [5, 5.41) is 12.9. The van der Waals surface area contributed by atoms with E-state index < -0.39 is 0 Å². The summed E-state index contributed by atoms with van der Waals surface area (Å²) in [7, 11) is 0. The maximum Gasteiger partial charge on any atom is 0.239 e. The van der Waals surface area contributed by atoms with Crippen LogP contribution in [0.5, 0.6) is 0 Å². The molecule has 1 aliphatic heterocycles. The van der Waals surface area contributed by atoms with Crippen LogP contribution in [0.3, 0.4) is 0 Å². The van der Waals surface area contributed by atoms with E-state index in [4.69, 9.17) is 0 Å². The van der Waals surface area contributed by atoms with Gasteiger partial charge in [-0.3, -0.25) is 10.1 Å². The zero-order valence-electron chi connectivity index (χ0n) is 12.0. The van der Waals surface area contributed by atoms with E-state index in [-0.39, 0.29) is 24.1 Å². The molecule has 4 nitrogen and oxygen atoms in total. The summed E-state index contributed by atoms with van der Waals surface area (Å²) in [6.07, 6.45) is 5.13. The van der Waals surface area contributed by atoms with Gasteiger partial charge in [-0.15, -0.1) is 0 Å². The third-order valence-electron chi connectivity index (χ3n) is 4.22. The molecule has 0 aliphatic carbocycles. The van der Waals surface area contributed by atoms with Gasteiger partial charge in [0.25, 0.3) is 0 Å². The Balaban J connectivity index is 2.57. The van der Waals surface area contributed by atoms with Crippen LogP contribution in [0.2, 0.25) is 0 Å². The molecule has 1 amide bonds. The molecule has 2 N–H and O–H groups in total. The molecule has 0 saturated carbocycles. The largest absolute Gasteiger partial charge is 0.394 e. The molecular weight excluding hydrogens is 228 g/mol. The molecule has 18 heavy (non-hydrogen) atoms. The maximum absolute atomic E-state index is 12.3. The van der Waals surface area contributed by atoms with E-state index in [0.29, 0.717) is 0 Å². The van der Waals surface area contributed by atoms with E-state index in [2.05, 4.69) is 5.32 Å². The molecule has 1 unspecified atom stereocenters. The maximum atomic E-state index is 12.3. The quantitative estimate of drug-likeness (QED) is 0.758. The minimum atomic E-state index is -0.315. The smallest absolute Gasteiger partial charge is 0.239 e.